The average Bonchev–Trinajstić information content (AvgIpc) is 2.64. The highest BCUT2D eigenvalue weighted by atomic mass is 19.4. The first kappa shape index (κ1) is 18.4. The zero-order valence-corrected chi connectivity index (χ0v) is 14.3. The molecule has 27 heavy (non-hydrogen) atoms. The number of nitrogens with one attached hydrogen (secondary N) is 2. The van der Waals surface area contributed by atoms with Gasteiger partial charge in [-0.2, -0.15) is 13.2 Å². The molecule has 0 spiro atoms. The number of amides is 1. The van der Waals surface area contributed by atoms with Gasteiger partial charge in [0.15, 0.2) is 0 Å². The van der Waals surface area contributed by atoms with Gasteiger partial charge in [-0.05, 0) is 43.3 Å². The SMILES string of the molecule is Cc1ccc(Nc2ccc(C(=O)Nc3ccccc3C(F)(F)F)nc2)cc1. The van der Waals surface area contributed by atoms with E-state index >= 15 is 0 Å². The van der Waals surface area contributed by atoms with Gasteiger partial charge in [-0.3, -0.25) is 4.79 Å². The fourth-order valence-electron chi connectivity index (χ4n) is 2.43. The maximum absolute atomic E-state index is 13.0. The number of halogens is 3. The zero-order valence-electron chi connectivity index (χ0n) is 14.3. The number of carbonyl (C=O) groups excluding carboxylic acids is 1. The first-order chi connectivity index (χ1) is 12.8. The van der Waals surface area contributed by atoms with Crippen LogP contribution in [0.15, 0.2) is 66.9 Å². The number of rotatable bonds is 4. The van der Waals surface area contributed by atoms with Crippen LogP contribution in [-0.2, 0) is 6.18 Å². The molecule has 3 rings (SSSR count). The second kappa shape index (κ2) is 7.49. The summed E-state index contributed by atoms with van der Waals surface area (Å²) >= 11 is 0. The second-order valence-corrected chi connectivity index (χ2v) is 5.92. The second-order valence-electron chi connectivity index (χ2n) is 5.92. The Morgan fingerprint density at radius 1 is 0.926 bits per heavy atom. The lowest BCUT2D eigenvalue weighted by atomic mass is 10.1. The number of aromatic nitrogens is 1. The van der Waals surface area contributed by atoms with Crippen molar-refractivity contribution in [3.63, 3.8) is 0 Å². The maximum atomic E-state index is 13.0. The van der Waals surface area contributed by atoms with Gasteiger partial charge in [-0.25, -0.2) is 4.98 Å². The zero-order chi connectivity index (χ0) is 19.4. The normalized spacial score (nSPS) is 11.1. The predicted octanol–water partition coefficient (Wildman–Crippen LogP) is 5.40. The molecule has 0 aliphatic rings. The van der Waals surface area contributed by atoms with Crippen LogP contribution in [0.3, 0.4) is 0 Å². The molecule has 2 N–H and O–H groups in total. The van der Waals surface area contributed by atoms with Crippen molar-refractivity contribution < 1.29 is 18.0 Å². The Balaban J connectivity index is 1.72. The highest BCUT2D eigenvalue weighted by Crippen LogP contribution is 2.34. The highest BCUT2D eigenvalue weighted by molar-refractivity contribution is 6.03. The van der Waals surface area contributed by atoms with Crippen LogP contribution in [-0.4, -0.2) is 10.9 Å². The van der Waals surface area contributed by atoms with Crippen molar-refractivity contribution in [3.05, 3.63) is 83.7 Å². The van der Waals surface area contributed by atoms with E-state index in [1.807, 2.05) is 31.2 Å². The molecular formula is C20H16F3N3O. The molecule has 0 bridgehead atoms. The van der Waals surface area contributed by atoms with Crippen LogP contribution in [0, 0.1) is 6.92 Å². The van der Waals surface area contributed by atoms with E-state index in [1.54, 1.807) is 6.07 Å². The van der Waals surface area contributed by atoms with E-state index in [0.29, 0.717) is 5.69 Å². The Hall–Kier alpha value is -3.35. The van der Waals surface area contributed by atoms with Gasteiger partial charge in [-0.15, -0.1) is 0 Å². The van der Waals surface area contributed by atoms with Crippen LogP contribution in [0.5, 0.6) is 0 Å². The molecule has 0 aliphatic heterocycles. The summed E-state index contributed by atoms with van der Waals surface area (Å²) in [5.74, 6) is -0.714. The lowest BCUT2D eigenvalue weighted by molar-refractivity contribution is -0.136. The first-order valence-electron chi connectivity index (χ1n) is 8.10. The van der Waals surface area contributed by atoms with Gasteiger partial charge in [-0.1, -0.05) is 29.8 Å². The van der Waals surface area contributed by atoms with Crippen LogP contribution in [0.1, 0.15) is 21.6 Å². The van der Waals surface area contributed by atoms with Crippen LogP contribution in [0.25, 0.3) is 0 Å². The average molecular weight is 371 g/mol. The van der Waals surface area contributed by atoms with Crippen molar-refractivity contribution >= 4 is 23.0 Å². The molecule has 0 radical (unpaired) electrons. The number of pyridine rings is 1. The predicted molar refractivity (Wildman–Crippen MR) is 98.1 cm³/mol. The Bertz CT molecular complexity index is 936. The summed E-state index contributed by atoms with van der Waals surface area (Å²) in [5, 5.41) is 5.40. The summed E-state index contributed by atoms with van der Waals surface area (Å²) in [4.78, 5) is 16.3. The summed E-state index contributed by atoms with van der Waals surface area (Å²) in [7, 11) is 0. The molecule has 0 saturated heterocycles. The molecule has 138 valence electrons. The molecular weight excluding hydrogens is 355 g/mol. The third-order valence-corrected chi connectivity index (χ3v) is 3.82. The molecule has 4 nitrogen and oxygen atoms in total. The standard InChI is InChI=1S/C20H16F3N3O/c1-13-6-8-14(9-7-13)25-15-10-11-18(24-12-15)19(27)26-17-5-3-2-4-16(17)20(21,22)23/h2-12,25H,1H3,(H,26,27). The fourth-order valence-corrected chi connectivity index (χ4v) is 2.43. The number of nitrogens with zero attached hydrogens (tertiary/aromatic N) is 1. The topological polar surface area (TPSA) is 54.0 Å². The first-order valence-corrected chi connectivity index (χ1v) is 8.10. The van der Waals surface area contributed by atoms with Crippen molar-refractivity contribution in [1.82, 2.24) is 4.98 Å². The Labute approximate surface area is 154 Å². The molecule has 7 heteroatoms. The largest absolute Gasteiger partial charge is 0.418 e. The molecule has 2 aromatic carbocycles. The number of hydrogen-bond donors (Lipinski definition) is 2. The molecule has 0 atom stereocenters. The summed E-state index contributed by atoms with van der Waals surface area (Å²) in [5.41, 5.74) is 1.45. The Morgan fingerprint density at radius 3 is 2.22 bits per heavy atom. The molecule has 1 amide bonds. The number of aryl methyl sites for hydroxylation is 1. The van der Waals surface area contributed by atoms with E-state index in [-0.39, 0.29) is 11.4 Å². The van der Waals surface area contributed by atoms with Crippen molar-refractivity contribution in [3.8, 4) is 0 Å². The molecule has 0 aliphatic carbocycles. The van der Waals surface area contributed by atoms with Crippen molar-refractivity contribution in [2.75, 3.05) is 10.6 Å². The van der Waals surface area contributed by atoms with Crippen LogP contribution in [0.2, 0.25) is 0 Å². The minimum absolute atomic E-state index is 0.0152. The maximum Gasteiger partial charge on any atom is 0.418 e. The number of hydrogen-bond acceptors (Lipinski definition) is 3. The molecule has 1 heterocycles. The third kappa shape index (κ3) is 4.63. The number of benzene rings is 2. The smallest absolute Gasteiger partial charge is 0.354 e. The van der Waals surface area contributed by atoms with Crippen molar-refractivity contribution in [2.45, 2.75) is 13.1 Å². The van der Waals surface area contributed by atoms with Crippen molar-refractivity contribution in [1.29, 1.82) is 0 Å². The molecule has 3 aromatic rings. The highest BCUT2D eigenvalue weighted by Gasteiger charge is 2.33. The fraction of sp³-hybridized carbons (Fsp3) is 0.100. The van der Waals surface area contributed by atoms with E-state index < -0.39 is 17.6 Å². The summed E-state index contributed by atoms with van der Waals surface area (Å²) in [6.07, 6.45) is -3.11. The lowest BCUT2D eigenvalue weighted by Gasteiger charge is -2.13. The minimum atomic E-state index is -4.56. The quantitative estimate of drug-likeness (QED) is 0.645. The minimum Gasteiger partial charge on any atom is -0.354 e. The van der Waals surface area contributed by atoms with Gasteiger partial charge in [0.1, 0.15) is 5.69 Å². The Kier molecular flexibility index (Phi) is 5.12. The van der Waals surface area contributed by atoms with E-state index in [2.05, 4.69) is 15.6 Å². The lowest BCUT2D eigenvalue weighted by Crippen LogP contribution is -2.17. The molecule has 1 aromatic heterocycles. The van der Waals surface area contributed by atoms with Gasteiger partial charge >= 0.3 is 6.18 Å². The van der Waals surface area contributed by atoms with E-state index in [9.17, 15) is 18.0 Å². The van der Waals surface area contributed by atoms with Crippen LogP contribution >= 0.6 is 0 Å². The summed E-state index contributed by atoms with van der Waals surface area (Å²) < 4.78 is 39.0. The summed E-state index contributed by atoms with van der Waals surface area (Å²) in [6, 6.07) is 15.6. The van der Waals surface area contributed by atoms with Gasteiger partial charge in [0.05, 0.1) is 23.1 Å². The number of para-hydroxylation sites is 1. The van der Waals surface area contributed by atoms with Gasteiger partial charge in [0.2, 0.25) is 0 Å². The van der Waals surface area contributed by atoms with Gasteiger partial charge in [0.25, 0.3) is 5.91 Å². The molecule has 0 saturated carbocycles. The van der Waals surface area contributed by atoms with Crippen LogP contribution < -0.4 is 10.6 Å². The monoisotopic (exact) mass is 371 g/mol. The van der Waals surface area contributed by atoms with E-state index in [0.717, 1.165) is 17.3 Å². The van der Waals surface area contributed by atoms with Crippen LogP contribution in [0.4, 0.5) is 30.2 Å². The summed E-state index contributed by atoms with van der Waals surface area (Å²) in [6.45, 7) is 1.98. The van der Waals surface area contributed by atoms with E-state index in [1.165, 1.54) is 30.5 Å². The van der Waals surface area contributed by atoms with E-state index in [4.69, 9.17) is 0 Å². The molecule has 0 fully saturated rings. The third-order valence-electron chi connectivity index (χ3n) is 3.82. The number of carbonyl (C=O) groups is 1. The van der Waals surface area contributed by atoms with Gasteiger partial charge in [0, 0.05) is 5.69 Å². The molecule has 0 unspecified atom stereocenters. The number of alkyl halides is 3. The van der Waals surface area contributed by atoms with Gasteiger partial charge < -0.3 is 10.6 Å². The van der Waals surface area contributed by atoms with Crippen molar-refractivity contribution in [2.24, 2.45) is 0 Å². The number of anilines is 3. The Morgan fingerprint density at radius 2 is 1.59 bits per heavy atom.